The molecule has 0 aliphatic heterocycles. The van der Waals surface area contributed by atoms with Gasteiger partial charge in [-0.05, 0) is 32.0 Å². The van der Waals surface area contributed by atoms with E-state index in [0.717, 1.165) is 11.3 Å². The van der Waals surface area contributed by atoms with E-state index in [1.165, 1.54) is 6.07 Å². The Labute approximate surface area is 141 Å². The lowest BCUT2D eigenvalue weighted by molar-refractivity contribution is 0.0131. The van der Waals surface area contributed by atoms with E-state index >= 15 is 0 Å². The molecule has 6 nitrogen and oxygen atoms in total. The molecule has 0 amide bonds. The molecule has 0 aliphatic carbocycles. The van der Waals surface area contributed by atoms with Crippen LogP contribution in [0.2, 0.25) is 0 Å². The second kappa shape index (κ2) is 8.31. The van der Waals surface area contributed by atoms with Crippen molar-refractivity contribution >= 4 is 11.8 Å². The Hall–Kier alpha value is -2.60. The standard InChI is InChI=1S/C18H22N2O4/c1-12(2)24-16(13-7-4-5-9-15(13)23-3)11-19-17-10-6-8-14(20-17)18(21)22/h4-10,12,16H,11H2,1-3H3,(H,19,20)(H,21,22). The van der Waals surface area contributed by atoms with E-state index in [1.54, 1.807) is 19.2 Å². The lowest BCUT2D eigenvalue weighted by Gasteiger charge is -2.23. The van der Waals surface area contributed by atoms with Crippen molar-refractivity contribution in [3.8, 4) is 5.75 Å². The van der Waals surface area contributed by atoms with Gasteiger partial charge in [-0.2, -0.15) is 0 Å². The molecule has 0 saturated heterocycles. The SMILES string of the molecule is COc1ccccc1C(CNc1cccc(C(=O)O)n1)OC(C)C. The van der Waals surface area contributed by atoms with Gasteiger partial charge < -0.3 is 19.9 Å². The van der Waals surface area contributed by atoms with Gasteiger partial charge >= 0.3 is 5.97 Å². The van der Waals surface area contributed by atoms with Crippen molar-refractivity contribution in [2.45, 2.75) is 26.1 Å². The molecule has 2 N–H and O–H groups in total. The average Bonchev–Trinajstić information content (AvgIpc) is 2.58. The maximum Gasteiger partial charge on any atom is 0.354 e. The summed E-state index contributed by atoms with van der Waals surface area (Å²) < 4.78 is 11.4. The molecule has 2 aromatic rings. The number of nitrogens with zero attached hydrogens (tertiary/aromatic N) is 1. The number of methoxy groups -OCH3 is 1. The molecule has 1 unspecified atom stereocenters. The number of pyridine rings is 1. The molecule has 0 bridgehead atoms. The van der Waals surface area contributed by atoms with E-state index in [0.29, 0.717) is 12.4 Å². The van der Waals surface area contributed by atoms with Gasteiger partial charge in [-0.15, -0.1) is 0 Å². The topological polar surface area (TPSA) is 80.7 Å². The number of aromatic nitrogens is 1. The maximum atomic E-state index is 11.0. The average molecular weight is 330 g/mol. The van der Waals surface area contributed by atoms with Crippen LogP contribution in [0.4, 0.5) is 5.82 Å². The summed E-state index contributed by atoms with van der Waals surface area (Å²) in [6, 6.07) is 12.5. The Bertz CT molecular complexity index is 688. The Balaban J connectivity index is 2.17. The number of carboxylic acid groups (broad SMARTS) is 1. The molecule has 0 spiro atoms. The molecule has 0 saturated carbocycles. The summed E-state index contributed by atoms with van der Waals surface area (Å²) in [4.78, 5) is 15.1. The summed E-state index contributed by atoms with van der Waals surface area (Å²) in [5.74, 6) is 0.178. The van der Waals surface area contributed by atoms with Gasteiger partial charge in [-0.25, -0.2) is 9.78 Å². The van der Waals surface area contributed by atoms with Crippen LogP contribution in [-0.4, -0.2) is 35.8 Å². The van der Waals surface area contributed by atoms with Gasteiger partial charge in [0.15, 0.2) is 5.69 Å². The molecular weight excluding hydrogens is 308 g/mol. The minimum absolute atomic E-state index is 0.00128. The van der Waals surface area contributed by atoms with Crippen LogP contribution in [-0.2, 0) is 4.74 Å². The quantitative estimate of drug-likeness (QED) is 0.772. The third kappa shape index (κ3) is 4.70. The predicted octanol–water partition coefficient (Wildman–Crippen LogP) is 3.37. The Morgan fingerprint density at radius 2 is 1.96 bits per heavy atom. The molecule has 0 radical (unpaired) electrons. The number of aromatic carboxylic acids is 1. The van der Waals surface area contributed by atoms with Gasteiger partial charge in [0.05, 0.1) is 13.2 Å². The fourth-order valence-corrected chi connectivity index (χ4v) is 2.34. The van der Waals surface area contributed by atoms with E-state index in [-0.39, 0.29) is 17.9 Å². The number of carboxylic acids is 1. The van der Waals surface area contributed by atoms with Crippen molar-refractivity contribution in [1.29, 1.82) is 0 Å². The van der Waals surface area contributed by atoms with Gasteiger partial charge in [0.25, 0.3) is 0 Å². The minimum atomic E-state index is -1.06. The Morgan fingerprint density at radius 3 is 2.62 bits per heavy atom. The number of rotatable bonds is 8. The number of anilines is 1. The fourth-order valence-electron chi connectivity index (χ4n) is 2.34. The molecule has 24 heavy (non-hydrogen) atoms. The summed E-state index contributed by atoms with van der Waals surface area (Å²) in [7, 11) is 1.62. The summed E-state index contributed by atoms with van der Waals surface area (Å²) in [5, 5.41) is 12.2. The van der Waals surface area contributed by atoms with Crippen molar-refractivity contribution in [3.05, 3.63) is 53.7 Å². The number of carbonyl (C=O) groups is 1. The normalized spacial score (nSPS) is 12.0. The van der Waals surface area contributed by atoms with E-state index in [9.17, 15) is 4.79 Å². The highest BCUT2D eigenvalue weighted by atomic mass is 16.5. The number of benzene rings is 1. The lowest BCUT2D eigenvalue weighted by Crippen LogP contribution is -2.20. The predicted molar refractivity (Wildman–Crippen MR) is 91.6 cm³/mol. The van der Waals surface area contributed by atoms with Gasteiger partial charge in [0.1, 0.15) is 17.7 Å². The van der Waals surface area contributed by atoms with Crippen molar-refractivity contribution in [2.24, 2.45) is 0 Å². The number of hydrogen-bond acceptors (Lipinski definition) is 5. The molecule has 2 rings (SSSR count). The van der Waals surface area contributed by atoms with Crippen LogP contribution >= 0.6 is 0 Å². The summed E-state index contributed by atoms with van der Waals surface area (Å²) in [5.41, 5.74) is 0.925. The van der Waals surface area contributed by atoms with Crippen molar-refractivity contribution < 1.29 is 19.4 Å². The number of ether oxygens (including phenoxy) is 2. The summed E-state index contributed by atoms with van der Waals surface area (Å²) in [6.07, 6.45) is -0.226. The van der Waals surface area contributed by atoms with Crippen molar-refractivity contribution in [2.75, 3.05) is 19.0 Å². The number of hydrogen-bond donors (Lipinski definition) is 2. The van der Waals surface area contributed by atoms with Gasteiger partial charge in [0.2, 0.25) is 0 Å². The second-order valence-corrected chi connectivity index (χ2v) is 5.51. The zero-order valence-electron chi connectivity index (χ0n) is 14.0. The molecule has 1 aromatic carbocycles. The highest BCUT2D eigenvalue weighted by Gasteiger charge is 2.18. The smallest absolute Gasteiger partial charge is 0.354 e. The third-order valence-corrected chi connectivity index (χ3v) is 3.36. The highest BCUT2D eigenvalue weighted by Crippen LogP contribution is 2.28. The zero-order chi connectivity index (χ0) is 17.5. The van der Waals surface area contributed by atoms with Crippen LogP contribution in [0.5, 0.6) is 5.75 Å². The van der Waals surface area contributed by atoms with Gasteiger partial charge in [-0.1, -0.05) is 24.3 Å². The molecule has 6 heteroatoms. The van der Waals surface area contributed by atoms with Crippen molar-refractivity contribution in [3.63, 3.8) is 0 Å². The fraction of sp³-hybridized carbons (Fsp3) is 0.333. The molecule has 1 aromatic heterocycles. The van der Waals surface area contributed by atoms with Gasteiger partial charge in [-0.3, -0.25) is 0 Å². The second-order valence-electron chi connectivity index (χ2n) is 5.51. The highest BCUT2D eigenvalue weighted by molar-refractivity contribution is 5.85. The van der Waals surface area contributed by atoms with Crippen LogP contribution in [0.15, 0.2) is 42.5 Å². The number of nitrogens with one attached hydrogen (secondary N) is 1. The molecule has 1 heterocycles. The Morgan fingerprint density at radius 1 is 1.21 bits per heavy atom. The largest absolute Gasteiger partial charge is 0.496 e. The van der Waals surface area contributed by atoms with Crippen LogP contribution in [0.1, 0.15) is 36.0 Å². The van der Waals surface area contributed by atoms with Crippen LogP contribution in [0, 0.1) is 0 Å². The van der Waals surface area contributed by atoms with E-state index in [2.05, 4.69) is 10.3 Å². The summed E-state index contributed by atoms with van der Waals surface area (Å²) >= 11 is 0. The molecule has 0 aliphatic rings. The molecular formula is C18H22N2O4. The first-order valence-corrected chi connectivity index (χ1v) is 7.74. The first-order chi connectivity index (χ1) is 11.5. The monoisotopic (exact) mass is 330 g/mol. The van der Waals surface area contributed by atoms with E-state index in [1.807, 2.05) is 38.1 Å². The minimum Gasteiger partial charge on any atom is -0.496 e. The first-order valence-electron chi connectivity index (χ1n) is 7.74. The van der Waals surface area contributed by atoms with Crippen LogP contribution in [0.3, 0.4) is 0 Å². The van der Waals surface area contributed by atoms with Crippen LogP contribution in [0.25, 0.3) is 0 Å². The van der Waals surface area contributed by atoms with Crippen molar-refractivity contribution in [1.82, 2.24) is 4.98 Å². The first kappa shape index (κ1) is 17.7. The lowest BCUT2D eigenvalue weighted by atomic mass is 10.1. The third-order valence-electron chi connectivity index (χ3n) is 3.36. The van der Waals surface area contributed by atoms with Gasteiger partial charge in [0, 0.05) is 12.1 Å². The van der Waals surface area contributed by atoms with Crippen LogP contribution < -0.4 is 10.1 Å². The molecule has 0 fully saturated rings. The Kier molecular flexibility index (Phi) is 6.14. The van der Waals surface area contributed by atoms with E-state index in [4.69, 9.17) is 14.6 Å². The molecule has 1 atom stereocenters. The number of para-hydroxylation sites is 1. The molecule has 128 valence electrons. The summed E-state index contributed by atoms with van der Waals surface area (Å²) in [6.45, 7) is 4.37. The van der Waals surface area contributed by atoms with E-state index < -0.39 is 5.97 Å². The zero-order valence-corrected chi connectivity index (χ0v) is 14.0. The maximum absolute atomic E-state index is 11.0.